The second-order valence-electron chi connectivity index (χ2n) is 4.95. The summed E-state index contributed by atoms with van der Waals surface area (Å²) in [5.41, 5.74) is 1.87. The molecule has 0 spiro atoms. The van der Waals surface area contributed by atoms with Gasteiger partial charge in [-0.1, -0.05) is 27.9 Å². The topological polar surface area (TPSA) is 77.1 Å². The average molecular weight is 380 g/mol. The lowest BCUT2D eigenvalue weighted by Crippen LogP contribution is -2.20. The fourth-order valence-corrected chi connectivity index (χ4v) is 4.05. The highest BCUT2D eigenvalue weighted by Gasteiger charge is 2.21. The first-order valence-corrected chi connectivity index (χ1v) is 9.78. The van der Waals surface area contributed by atoms with Crippen molar-refractivity contribution in [3.63, 3.8) is 0 Å². The maximum Gasteiger partial charge on any atom is 0.225 e. The number of nitrogens with one attached hydrogen (secondary N) is 2. The third kappa shape index (κ3) is 4.33. The molecule has 0 aliphatic carbocycles. The summed E-state index contributed by atoms with van der Waals surface area (Å²) in [6.07, 6.45) is 1.55. The number of nitrogens with zero attached hydrogens (tertiary/aromatic N) is 1. The van der Waals surface area contributed by atoms with Crippen LogP contribution in [0.2, 0.25) is 5.02 Å². The van der Waals surface area contributed by atoms with Gasteiger partial charge in [0.05, 0.1) is 0 Å². The Labute approximate surface area is 150 Å². The van der Waals surface area contributed by atoms with Crippen molar-refractivity contribution in [3.8, 4) is 0 Å². The van der Waals surface area contributed by atoms with Crippen molar-refractivity contribution in [1.29, 1.82) is 0 Å². The van der Waals surface area contributed by atoms with Crippen LogP contribution in [-0.2, 0) is 21.2 Å². The van der Waals surface area contributed by atoms with E-state index in [1.54, 1.807) is 35.8 Å². The van der Waals surface area contributed by atoms with Gasteiger partial charge in [0.2, 0.25) is 5.13 Å². The van der Waals surface area contributed by atoms with E-state index in [0.717, 1.165) is 11.3 Å². The average Bonchev–Trinajstić information content (AvgIpc) is 3.06. The standard InChI is InChI=1S/C16H14ClN3O2S2/c17-13-3-1-2-12(10-13)11-19-14-4-6-15(7-5-14)24(21,22)20-16-18-8-9-23-16/h1-10,19H,11H2,(H-,18,20,21,22). The van der Waals surface area contributed by atoms with Crippen molar-refractivity contribution in [2.24, 2.45) is 0 Å². The lowest BCUT2D eigenvalue weighted by Gasteiger charge is -2.14. The Hall–Kier alpha value is -1.93. The molecule has 8 heteroatoms. The third-order valence-electron chi connectivity index (χ3n) is 3.20. The van der Waals surface area contributed by atoms with Gasteiger partial charge < -0.3 is 9.87 Å². The van der Waals surface area contributed by atoms with E-state index in [4.69, 9.17) is 11.6 Å². The minimum Gasteiger partial charge on any atom is -0.588 e. The summed E-state index contributed by atoms with van der Waals surface area (Å²) in [4.78, 5) is 4.11. The molecule has 1 heterocycles. The first-order chi connectivity index (χ1) is 11.5. The van der Waals surface area contributed by atoms with E-state index < -0.39 is 10.4 Å². The summed E-state index contributed by atoms with van der Waals surface area (Å²) in [6, 6.07) is 14.1. The summed E-state index contributed by atoms with van der Waals surface area (Å²) >= 11 is 7.18. The Balaban J connectivity index is 1.65. The number of benzene rings is 2. The van der Waals surface area contributed by atoms with E-state index >= 15 is 0 Å². The van der Waals surface area contributed by atoms with Crippen LogP contribution in [-0.4, -0.2) is 9.54 Å². The Morgan fingerprint density at radius 1 is 1.21 bits per heavy atom. The summed E-state index contributed by atoms with van der Waals surface area (Å²) in [6.45, 7) is 0.601. The molecule has 0 saturated heterocycles. The third-order valence-corrected chi connectivity index (χ3v) is 5.61. The van der Waals surface area contributed by atoms with Crippen LogP contribution in [0.4, 0.5) is 10.8 Å². The molecule has 0 radical (unpaired) electrons. The molecule has 0 aliphatic heterocycles. The van der Waals surface area contributed by atoms with Crippen LogP contribution in [0.25, 0.3) is 0 Å². The Bertz CT molecular complexity index is 854. The second kappa shape index (κ2) is 7.31. The zero-order valence-electron chi connectivity index (χ0n) is 12.4. The largest absolute Gasteiger partial charge is 0.588 e. The number of halogens is 1. The van der Waals surface area contributed by atoms with Gasteiger partial charge >= 0.3 is 0 Å². The van der Waals surface area contributed by atoms with Crippen molar-refractivity contribution in [1.82, 2.24) is 4.98 Å². The maximum atomic E-state index is 12.2. The number of rotatable bonds is 6. The fraction of sp³-hybridized carbons (Fsp3) is 0.0625. The normalized spacial score (nSPS) is 13.2. The highest BCUT2D eigenvalue weighted by atomic mass is 35.5. The quantitative estimate of drug-likeness (QED) is 0.621. The lowest BCUT2D eigenvalue weighted by atomic mass is 10.2. The van der Waals surface area contributed by atoms with E-state index in [1.165, 1.54) is 11.3 Å². The molecule has 124 valence electrons. The molecule has 0 amide bonds. The van der Waals surface area contributed by atoms with Crippen molar-refractivity contribution in [2.45, 2.75) is 11.4 Å². The van der Waals surface area contributed by atoms with Gasteiger partial charge in [-0.25, -0.2) is 4.98 Å². The van der Waals surface area contributed by atoms with Crippen molar-refractivity contribution < 1.29 is 8.76 Å². The van der Waals surface area contributed by atoms with Crippen molar-refractivity contribution in [3.05, 3.63) is 70.7 Å². The molecule has 2 aromatic carbocycles. The van der Waals surface area contributed by atoms with Gasteiger partial charge in [-0.15, -0.1) is 11.3 Å². The number of sulfonamides is 1. The Morgan fingerprint density at radius 2 is 2.00 bits per heavy atom. The lowest BCUT2D eigenvalue weighted by molar-refractivity contribution is 0.483. The SMILES string of the molecule is O=[S+]([O-])(Nc1nccs1)c1ccc(NCc2cccc(Cl)c2)cc1. The molecule has 0 saturated carbocycles. The molecule has 2 N–H and O–H groups in total. The second-order valence-corrected chi connectivity index (χ2v) is 7.96. The molecule has 5 nitrogen and oxygen atoms in total. The van der Waals surface area contributed by atoms with E-state index in [1.807, 2.05) is 24.3 Å². The molecule has 24 heavy (non-hydrogen) atoms. The summed E-state index contributed by atoms with van der Waals surface area (Å²) in [7, 11) is -3.62. The van der Waals surface area contributed by atoms with E-state index in [2.05, 4.69) is 15.0 Å². The van der Waals surface area contributed by atoms with E-state index in [0.29, 0.717) is 16.7 Å². The number of hydrogen-bond donors (Lipinski definition) is 2. The minimum absolute atomic E-state index is 0.186. The van der Waals surface area contributed by atoms with Crippen molar-refractivity contribution >= 4 is 44.2 Å². The molecule has 1 atom stereocenters. The molecular formula is C16H14ClN3O2S2. The molecule has 3 rings (SSSR count). The Morgan fingerprint density at radius 3 is 2.67 bits per heavy atom. The van der Waals surface area contributed by atoms with Crippen LogP contribution in [0.1, 0.15) is 5.56 Å². The zero-order valence-corrected chi connectivity index (χ0v) is 14.8. The number of aromatic nitrogens is 1. The van der Waals surface area contributed by atoms with Gasteiger partial charge in [0.1, 0.15) is 0 Å². The van der Waals surface area contributed by atoms with Crippen LogP contribution >= 0.6 is 22.9 Å². The summed E-state index contributed by atoms with van der Waals surface area (Å²) in [5, 5.41) is 5.97. The molecule has 0 aliphatic rings. The monoisotopic (exact) mass is 379 g/mol. The zero-order chi connectivity index (χ0) is 17.0. The predicted molar refractivity (Wildman–Crippen MR) is 98.1 cm³/mol. The molecule has 0 fully saturated rings. The predicted octanol–water partition coefficient (Wildman–Crippen LogP) is 4.42. The van der Waals surface area contributed by atoms with Gasteiger partial charge in [0.25, 0.3) is 0 Å². The van der Waals surface area contributed by atoms with Gasteiger partial charge in [-0.3, -0.25) is 0 Å². The smallest absolute Gasteiger partial charge is 0.225 e. The molecule has 0 bridgehead atoms. The Kier molecular flexibility index (Phi) is 5.15. The summed E-state index contributed by atoms with van der Waals surface area (Å²) in [5.74, 6) is 0. The number of thiazole rings is 1. The summed E-state index contributed by atoms with van der Waals surface area (Å²) < 4.78 is 26.9. The molecule has 3 aromatic rings. The van der Waals surface area contributed by atoms with Gasteiger partial charge in [-0.2, -0.15) is 4.72 Å². The van der Waals surface area contributed by atoms with Crippen LogP contribution in [0.3, 0.4) is 0 Å². The molecule has 1 aromatic heterocycles. The van der Waals surface area contributed by atoms with Crippen LogP contribution in [0.15, 0.2) is 65.0 Å². The highest BCUT2D eigenvalue weighted by Crippen LogP contribution is 2.23. The van der Waals surface area contributed by atoms with Gasteiger partial charge in [-0.05, 0) is 42.0 Å². The van der Waals surface area contributed by atoms with E-state index in [9.17, 15) is 8.76 Å². The first kappa shape index (κ1) is 16.9. The number of hydrogen-bond acceptors (Lipinski definition) is 5. The van der Waals surface area contributed by atoms with Crippen molar-refractivity contribution in [2.75, 3.05) is 10.0 Å². The van der Waals surface area contributed by atoms with Gasteiger partial charge in [0.15, 0.2) is 15.3 Å². The van der Waals surface area contributed by atoms with Crippen LogP contribution < -0.4 is 10.0 Å². The van der Waals surface area contributed by atoms with Crippen LogP contribution in [0, 0.1) is 0 Å². The minimum atomic E-state index is -3.62. The van der Waals surface area contributed by atoms with Gasteiger partial charge in [0, 0.05) is 28.8 Å². The molecule has 1 unspecified atom stereocenters. The first-order valence-electron chi connectivity index (χ1n) is 7.04. The highest BCUT2D eigenvalue weighted by molar-refractivity contribution is 7.99. The van der Waals surface area contributed by atoms with Crippen LogP contribution in [0.5, 0.6) is 0 Å². The maximum absolute atomic E-state index is 12.2. The molecular weight excluding hydrogens is 366 g/mol. The number of anilines is 2. The van der Waals surface area contributed by atoms with E-state index in [-0.39, 0.29) is 4.90 Å². The fourth-order valence-electron chi connectivity index (χ4n) is 2.05.